The molecule has 20 heavy (non-hydrogen) atoms. The topological polar surface area (TPSA) is 66.3 Å². The molecule has 5 heteroatoms. The second-order valence-corrected chi connectivity index (χ2v) is 4.78. The minimum Gasteiger partial charge on any atom is -0.478 e. The van der Waals surface area contributed by atoms with E-state index >= 15 is 0 Å². The standard InChI is InChI=1S/C15H17N3O2/c1-11(2)18(10-12-6-4-3-5-7-12)14-13(15(19)20)8-9-16-17-14/h3-9,11H,10H2,1-2H3,(H,19,20). The van der Waals surface area contributed by atoms with Crippen molar-refractivity contribution in [3.05, 3.63) is 53.7 Å². The van der Waals surface area contributed by atoms with E-state index in [1.54, 1.807) is 0 Å². The van der Waals surface area contributed by atoms with Gasteiger partial charge in [-0.2, -0.15) is 5.10 Å². The van der Waals surface area contributed by atoms with Crippen molar-refractivity contribution in [1.29, 1.82) is 0 Å². The van der Waals surface area contributed by atoms with Gasteiger partial charge < -0.3 is 10.0 Å². The minimum atomic E-state index is -0.992. The maximum Gasteiger partial charge on any atom is 0.339 e. The zero-order valence-corrected chi connectivity index (χ0v) is 11.5. The smallest absolute Gasteiger partial charge is 0.339 e. The van der Waals surface area contributed by atoms with Gasteiger partial charge in [0.05, 0.1) is 6.20 Å². The van der Waals surface area contributed by atoms with Crippen molar-refractivity contribution in [2.45, 2.75) is 26.4 Å². The number of aromatic carboxylic acids is 1. The van der Waals surface area contributed by atoms with Crippen molar-refractivity contribution in [2.24, 2.45) is 0 Å². The number of benzene rings is 1. The molecule has 0 radical (unpaired) electrons. The van der Waals surface area contributed by atoms with Gasteiger partial charge in [-0.15, -0.1) is 5.10 Å². The van der Waals surface area contributed by atoms with Crippen LogP contribution in [0.5, 0.6) is 0 Å². The summed E-state index contributed by atoms with van der Waals surface area (Å²) in [5.41, 5.74) is 1.27. The van der Waals surface area contributed by atoms with Crippen molar-refractivity contribution in [1.82, 2.24) is 10.2 Å². The predicted octanol–water partition coefficient (Wildman–Crippen LogP) is 2.59. The van der Waals surface area contributed by atoms with Crippen molar-refractivity contribution >= 4 is 11.8 Å². The Hall–Kier alpha value is -2.43. The number of aromatic nitrogens is 2. The molecule has 2 aromatic rings. The summed E-state index contributed by atoms with van der Waals surface area (Å²) >= 11 is 0. The summed E-state index contributed by atoms with van der Waals surface area (Å²) in [5, 5.41) is 17.1. The van der Waals surface area contributed by atoms with Gasteiger partial charge in [-0.1, -0.05) is 30.3 Å². The monoisotopic (exact) mass is 271 g/mol. The highest BCUT2D eigenvalue weighted by Gasteiger charge is 2.20. The summed E-state index contributed by atoms with van der Waals surface area (Å²) in [5.74, 6) is -0.590. The molecule has 2 rings (SSSR count). The highest BCUT2D eigenvalue weighted by molar-refractivity contribution is 5.93. The fourth-order valence-electron chi connectivity index (χ4n) is 1.99. The van der Waals surface area contributed by atoms with E-state index in [0.29, 0.717) is 12.4 Å². The Morgan fingerprint density at radius 3 is 2.55 bits per heavy atom. The molecule has 1 aromatic heterocycles. The maximum atomic E-state index is 11.3. The van der Waals surface area contributed by atoms with Crippen LogP contribution in [0.3, 0.4) is 0 Å². The fraction of sp³-hybridized carbons (Fsp3) is 0.267. The first kappa shape index (κ1) is 14.0. The van der Waals surface area contributed by atoms with Crippen LogP contribution in [0.1, 0.15) is 29.8 Å². The SMILES string of the molecule is CC(C)N(Cc1ccccc1)c1nnccc1C(=O)O. The molecule has 0 atom stereocenters. The van der Waals surface area contributed by atoms with Crippen LogP contribution in [0, 0.1) is 0 Å². The third-order valence-corrected chi connectivity index (χ3v) is 3.02. The van der Waals surface area contributed by atoms with Crippen LogP contribution in [0.4, 0.5) is 5.82 Å². The molecule has 104 valence electrons. The molecule has 1 aromatic carbocycles. The molecular weight excluding hydrogens is 254 g/mol. The molecule has 1 heterocycles. The predicted molar refractivity (Wildman–Crippen MR) is 76.8 cm³/mol. The Bertz CT molecular complexity index is 585. The van der Waals surface area contributed by atoms with Crippen molar-refractivity contribution in [3.63, 3.8) is 0 Å². The third kappa shape index (κ3) is 3.12. The Labute approximate surface area is 117 Å². The second-order valence-electron chi connectivity index (χ2n) is 4.78. The number of anilines is 1. The van der Waals surface area contributed by atoms with Gasteiger partial charge in [0.15, 0.2) is 5.82 Å². The summed E-state index contributed by atoms with van der Waals surface area (Å²) in [4.78, 5) is 13.2. The number of carbonyl (C=O) groups is 1. The van der Waals surface area contributed by atoms with E-state index < -0.39 is 5.97 Å². The lowest BCUT2D eigenvalue weighted by molar-refractivity contribution is 0.0697. The quantitative estimate of drug-likeness (QED) is 0.905. The molecule has 0 saturated carbocycles. The van der Waals surface area contributed by atoms with Crippen LogP contribution >= 0.6 is 0 Å². The maximum absolute atomic E-state index is 11.3. The summed E-state index contributed by atoms with van der Waals surface area (Å²) in [7, 11) is 0. The normalized spacial score (nSPS) is 10.6. The third-order valence-electron chi connectivity index (χ3n) is 3.02. The van der Waals surface area contributed by atoms with Gasteiger partial charge in [-0.3, -0.25) is 0 Å². The first-order valence-electron chi connectivity index (χ1n) is 6.45. The molecule has 1 N–H and O–H groups in total. The van der Waals surface area contributed by atoms with Crippen molar-refractivity contribution in [3.8, 4) is 0 Å². The molecule has 0 amide bonds. The van der Waals surface area contributed by atoms with Crippen LogP contribution in [0.2, 0.25) is 0 Å². The minimum absolute atomic E-state index is 0.116. The van der Waals surface area contributed by atoms with Crippen LogP contribution in [-0.2, 0) is 6.54 Å². The lowest BCUT2D eigenvalue weighted by Crippen LogP contribution is -2.32. The molecule has 0 aliphatic rings. The highest BCUT2D eigenvalue weighted by Crippen LogP contribution is 2.21. The lowest BCUT2D eigenvalue weighted by Gasteiger charge is -2.28. The number of nitrogens with zero attached hydrogens (tertiary/aromatic N) is 3. The zero-order chi connectivity index (χ0) is 14.5. The second kappa shape index (κ2) is 6.14. The Kier molecular flexibility index (Phi) is 4.30. The van der Waals surface area contributed by atoms with Gasteiger partial charge in [-0.25, -0.2) is 4.79 Å². The highest BCUT2D eigenvalue weighted by atomic mass is 16.4. The average molecular weight is 271 g/mol. The van der Waals surface area contributed by atoms with Crippen molar-refractivity contribution < 1.29 is 9.90 Å². The fourth-order valence-corrected chi connectivity index (χ4v) is 1.99. The molecular formula is C15H17N3O2. The number of carboxylic acid groups (broad SMARTS) is 1. The van der Waals surface area contributed by atoms with Gasteiger partial charge in [0.1, 0.15) is 5.56 Å². The Morgan fingerprint density at radius 2 is 1.95 bits per heavy atom. The largest absolute Gasteiger partial charge is 0.478 e. The number of hydrogen-bond acceptors (Lipinski definition) is 4. The van der Waals surface area contributed by atoms with E-state index in [2.05, 4.69) is 10.2 Å². The number of carboxylic acids is 1. The Balaban J connectivity index is 2.37. The zero-order valence-electron chi connectivity index (χ0n) is 11.5. The molecule has 0 aliphatic carbocycles. The van der Waals surface area contributed by atoms with E-state index in [1.807, 2.05) is 49.1 Å². The van der Waals surface area contributed by atoms with Crippen LogP contribution in [0.15, 0.2) is 42.6 Å². The summed E-state index contributed by atoms with van der Waals surface area (Å²) in [6.07, 6.45) is 1.40. The molecule has 0 spiro atoms. The van der Waals surface area contributed by atoms with Gasteiger partial charge in [0.2, 0.25) is 0 Å². The average Bonchev–Trinajstić information content (AvgIpc) is 2.45. The molecule has 5 nitrogen and oxygen atoms in total. The summed E-state index contributed by atoms with van der Waals surface area (Å²) in [6, 6.07) is 11.5. The number of rotatable bonds is 5. The van der Waals surface area contributed by atoms with Gasteiger partial charge in [0, 0.05) is 12.6 Å². The molecule has 0 saturated heterocycles. The van der Waals surface area contributed by atoms with Crippen molar-refractivity contribution in [2.75, 3.05) is 4.90 Å². The van der Waals surface area contributed by atoms with E-state index in [4.69, 9.17) is 0 Å². The first-order chi connectivity index (χ1) is 9.59. The van der Waals surface area contributed by atoms with Gasteiger partial charge in [-0.05, 0) is 25.5 Å². The Morgan fingerprint density at radius 1 is 1.25 bits per heavy atom. The summed E-state index contributed by atoms with van der Waals surface area (Å²) in [6.45, 7) is 4.60. The van der Waals surface area contributed by atoms with E-state index in [-0.39, 0.29) is 11.6 Å². The first-order valence-corrected chi connectivity index (χ1v) is 6.45. The van der Waals surface area contributed by atoms with Crippen LogP contribution < -0.4 is 4.90 Å². The molecule has 0 unspecified atom stereocenters. The molecule has 0 bridgehead atoms. The number of hydrogen-bond donors (Lipinski definition) is 1. The molecule has 0 aliphatic heterocycles. The van der Waals surface area contributed by atoms with Gasteiger partial charge >= 0.3 is 5.97 Å². The molecule has 0 fully saturated rings. The lowest BCUT2D eigenvalue weighted by atomic mass is 10.1. The van der Waals surface area contributed by atoms with Crippen LogP contribution in [0.25, 0.3) is 0 Å². The summed E-state index contributed by atoms with van der Waals surface area (Å²) < 4.78 is 0. The van der Waals surface area contributed by atoms with Crippen LogP contribution in [-0.4, -0.2) is 27.3 Å². The van der Waals surface area contributed by atoms with E-state index in [1.165, 1.54) is 12.3 Å². The van der Waals surface area contributed by atoms with E-state index in [9.17, 15) is 9.90 Å². The van der Waals surface area contributed by atoms with E-state index in [0.717, 1.165) is 5.56 Å². The van der Waals surface area contributed by atoms with Gasteiger partial charge in [0.25, 0.3) is 0 Å².